The zero-order chi connectivity index (χ0) is 21.6. The fraction of sp³-hybridized carbons (Fsp3) is 0.500. The predicted molar refractivity (Wildman–Crippen MR) is 133 cm³/mol. The Balaban J connectivity index is 1.95. The van der Waals surface area contributed by atoms with Crippen molar-refractivity contribution in [2.75, 3.05) is 0 Å². The Labute approximate surface area is 185 Å². The SMILES string of the molecule is CCC(C)=CCC1CCCC(O[Si](c2ccccc2)(c2ccccc2)C(C)(C)C)C1. The van der Waals surface area contributed by atoms with E-state index in [4.69, 9.17) is 4.43 Å². The molecular formula is C28H40OSi. The van der Waals surface area contributed by atoms with Crippen molar-refractivity contribution < 1.29 is 4.43 Å². The number of hydrogen-bond acceptors (Lipinski definition) is 1. The Hall–Kier alpha value is -1.64. The summed E-state index contributed by atoms with van der Waals surface area (Å²) >= 11 is 0. The third-order valence-corrected chi connectivity index (χ3v) is 11.9. The van der Waals surface area contributed by atoms with Gasteiger partial charge in [-0.15, -0.1) is 0 Å². The van der Waals surface area contributed by atoms with Crippen LogP contribution >= 0.6 is 0 Å². The minimum absolute atomic E-state index is 0.0569. The molecule has 1 saturated carbocycles. The molecule has 0 bridgehead atoms. The lowest BCUT2D eigenvalue weighted by Gasteiger charge is -2.46. The maximum absolute atomic E-state index is 7.40. The number of allylic oxidation sites excluding steroid dienone is 2. The van der Waals surface area contributed by atoms with Crippen LogP contribution in [0.4, 0.5) is 0 Å². The van der Waals surface area contributed by atoms with Gasteiger partial charge in [0.25, 0.3) is 8.32 Å². The lowest BCUT2D eigenvalue weighted by molar-refractivity contribution is 0.114. The van der Waals surface area contributed by atoms with Crippen molar-refractivity contribution in [1.29, 1.82) is 0 Å². The maximum Gasteiger partial charge on any atom is 0.261 e. The largest absolute Gasteiger partial charge is 0.404 e. The lowest BCUT2D eigenvalue weighted by atomic mass is 9.85. The van der Waals surface area contributed by atoms with E-state index in [9.17, 15) is 0 Å². The molecule has 0 spiro atoms. The Bertz CT molecular complexity index is 764. The van der Waals surface area contributed by atoms with Crippen LogP contribution in [0.15, 0.2) is 72.3 Å². The molecule has 2 atom stereocenters. The van der Waals surface area contributed by atoms with E-state index in [1.165, 1.54) is 48.1 Å². The first-order valence-electron chi connectivity index (χ1n) is 11.8. The molecule has 1 nitrogen and oxygen atoms in total. The summed E-state index contributed by atoms with van der Waals surface area (Å²) < 4.78 is 7.40. The van der Waals surface area contributed by atoms with Gasteiger partial charge in [-0.25, -0.2) is 0 Å². The van der Waals surface area contributed by atoms with Gasteiger partial charge in [-0.1, -0.05) is 106 Å². The molecule has 30 heavy (non-hydrogen) atoms. The van der Waals surface area contributed by atoms with Crippen LogP contribution in [0.1, 0.15) is 73.1 Å². The monoisotopic (exact) mass is 420 g/mol. The summed E-state index contributed by atoms with van der Waals surface area (Å²) in [6.45, 7) is 11.7. The second-order valence-corrected chi connectivity index (χ2v) is 14.3. The normalized spacial score (nSPS) is 20.9. The summed E-state index contributed by atoms with van der Waals surface area (Å²) in [6, 6.07) is 22.2. The van der Waals surface area contributed by atoms with Gasteiger partial charge in [-0.3, -0.25) is 0 Å². The quantitative estimate of drug-likeness (QED) is 0.351. The first kappa shape index (κ1) is 23.0. The average Bonchev–Trinajstić information content (AvgIpc) is 2.76. The lowest BCUT2D eigenvalue weighted by Crippen LogP contribution is -2.67. The standard InChI is InChI=1S/C28H40OSi/c1-6-23(2)20-21-24-14-13-15-25(22-24)29-30(28(3,4)5,26-16-9-7-10-17-26)27-18-11-8-12-19-27/h7-12,16-20,24-25H,6,13-15,21-22H2,1-5H3. The van der Waals surface area contributed by atoms with E-state index in [-0.39, 0.29) is 5.04 Å². The molecule has 0 amide bonds. The smallest absolute Gasteiger partial charge is 0.261 e. The second kappa shape index (κ2) is 10.1. The zero-order valence-corrected chi connectivity index (χ0v) is 20.7. The minimum Gasteiger partial charge on any atom is -0.404 e. The molecule has 1 aliphatic carbocycles. The van der Waals surface area contributed by atoms with Crippen LogP contribution < -0.4 is 10.4 Å². The molecule has 2 aromatic carbocycles. The molecule has 2 heteroatoms. The summed E-state index contributed by atoms with van der Waals surface area (Å²) in [4.78, 5) is 0. The highest BCUT2D eigenvalue weighted by atomic mass is 28.4. The molecule has 1 fully saturated rings. The van der Waals surface area contributed by atoms with Crippen LogP contribution in [-0.4, -0.2) is 14.4 Å². The molecule has 0 N–H and O–H groups in total. The Kier molecular flexibility index (Phi) is 7.76. The molecule has 3 rings (SSSR count). The molecule has 1 aliphatic rings. The summed E-state index contributed by atoms with van der Waals surface area (Å²) in [7, 11) is -2.43. The number of benzene rings is 2. The molecule has 162 valence electrons. The molecule has 0 radical (unpaired) electrons. The summed E-state index contributed by atoms with van der Waals surface area (Å²) in [5, 5.41) is 2.85. The highest BCUT2D eigenvalue weighted by Gasteiger charge is 2.51. The summed E-state index contributed by atoms with van der Waals surface area (Å²) in [5.74, 6) is 0.753. The van der Waals surface area contributed by atoms with E-state index < -0.39 is 8.32 Å². The Morgan fingerprint density at radius 3 is 2.03 bits per heavy atom. The topological polar surface area (TPSA) is 9.23 Å². The second-order valence-electron chi connectivity index (χ2n) is 10.1. The van der Waals surface area contributed by atoms with Crippen molar-refractivity contribution in [3.63, 3.8) is 0 Å². The van der Waals surface area contributed by atoms with Gasteiger partial charge in [-0.05, 0) is 60.4 Å². The van der Waals surface area contributed by atoms with Crippen LogP contribution in [0.5, 0.6) is 0 Å². The predicted octanol–water partition coefficient (Wildman–Crippen LogP) is 6.87. The average molecular weight is 421 g/mol. The minimum atomic E-state index is -2.43. The third-order valence-electron chi connectivity index (χ3n) is 6.85. The van der Waals surface area contributed by atoms with Gasteiger partial charge in [0.15, 0.2) is 0 Å². The summed E-state index contributed by atoms with van der Waals surface area (Å²) in [6.07, 6.45) is 10.2. The van der Waals surface area contributed by atoms with E-state index in [1.54, 1.807) is 0 Å². The highest BCUT2D eigenvalue weighted by molar-refractivity contribution is 6.99. The molecular weight excluding hydrogens is 380 g/mol. The molecule has 0 aliphatic heterocycles. The van der Waals surface area contributed by atoms with Gasteiger partial charge >= 0.3 is 0 Å². The van der Waals surface area contributed by atoms with Gasteiger partial charge in [0.1, 0.15) is 0 Å². The molecule has 2 unspecified atom stereocenters. The molecule has 0 saturated heterocycles. The van der Waals surface area contributed by atoms with Gasteiger partial charge < -0.3 is 4.43 Å². The zero-order valence-electron chi connectivity index (χ0n) is 19.7. The number of hydrogen-bond donors (Lipinski definition) is 0. The van der Waals surface area contributed by atoms with E-state index in [2.05, 4.69) is 101 Å². The number of rotatable bonds is 7. The summed E-state index contributed by atoms with van der Waals surface area (Å²) in [5.41, 5.74) is 1.52. The van der Waals surface area contributed by atoms with Crippen molar-refractivity contribution in [2.24, 2.45) is 5.92 Å². The first-order chi connectivity index (χ1) is 14.4. The van der Waals surface area contributed by atoms with Crippen molar-refractivity contribution in [2.45, 2.75) is 84.3 Å². The van der Waals surface area contributed by atoms with Crippen LogP contribution in [0.2, 0.25) is 5.04 Å². The van der Waals surface area contributed by atoms with Crippen LogP contribution in [0, 0.1) is 5.92 Å². The van der Waals surface area contributed by atoms with Crippen molar-refractivity contribution >= 4 is 18.7 Å². The van der Waals surface area contributed by atoms with Crippen molar-refractivity contribution in [3.05, 3.63) is 72.3 Å². The maximum atomic E-state index is 7.40. The highest BCUT2D eigenvalue weighted by Crippen LogP contribution is 2.40. The van der Waals surface area contributed by atoms with Crippen LogP contribution in [-0.2, 0) is 4.43 Å². The van der Waals surface area contributed by atoms with Gasteiger partial charge in [0, 0.05) is 6.10 Å². The van der Waals surface area contributed by atoms with Gasteiger partial charge in [-0.2, -0.15) is 0 Å². The Morgan fingerprint density at radius 1 is 0.967 bits per heavy atom. The molecule has 0 heterocycles. The van der Waals surface area contributed by atoms with E-state index in [0.29, 0.717) is 6.10 Å². The van der Waals surface area contributed by atoms with Crippen molar-refractivity contribution in [3.8, 4) is 0 Å². The van der Waals surface area contributed by atoms with E-state index >= 15 is 0 Å². The first-order valence-corrected chi connectivity index (χ1v) is 13.7. The fourth-order valence-electron chi connectivity index (χ4n) is 5.02. The van der Waals surface area contributed by atoms with Gasteiger partial charge in [0.2, 0.25) is 0 Å². The fourth-order valence-corrected chi connectivity index (χ4v) is 9.75. The Morgan fingerprint density at radius 2 is 1.53 bits per heavy atom. The van der Waals surface area contributed by atoms with E-state index in [1.807, 2.05) is 0 Å². The molecule has 0 aromatic heterocycles. The van der Waals surface area contributed by atoms with Crippen molar-refractivity contribution in [1.82, 2.24) is 0 Å². The third kappa shape index (κ3) is 5.15. The van der Waals surface area contributed by atoms with Crippen LogP contribution in [0.25, 0.3) is 0 Å². The molecule has 2 aromatic rings. The van der Waals surface area contributed by atoms with E-state index in [0.717, 1.165) is 12.3 Å². The van der Waals surface area contributed by atoms with Gasteiger partial charge in [0.05, 0.1) is 0 Å². The van der Waals surface area contributed by atoms with Crippen LogP contribution in [0.3, 0.4) is 0 Å².